The van der Waals surface area contributed by atoms with Gasteiger partial charge in [-0.3, -0.25) is 10.3 Å². The number of nitrogens with zero attached hydrogens (tertiary/aromatic N) is 6. The lowest BCUT2D eigenvalue weighted by Gasteiger charge is -2.44. The number of rotatable bonds is 8. The van der Waals surface area contributed by atoms with Crippen molar-refractivity contribution in [3.8, 4) is 11.1 Å². The predicted molar refractivity (Wildman–Crippen MR) is 211 cm³/mol. The van der Waals surface area contributed by atoms with Gasteiger partial charge in [0, 0.05) is 11.0 Å². The molecule has 1 fully saturated rings. The lowest BCUT2D eigenvalue weighted by atomic mass is 9.73. The van der Waals surface area contributed by atoms with Crippen LogP contribution in [0.2, 0.25) is 0 Å². The Kier molecular flexibility index (Phi) is 7.85. The Morgan fingerprint density at radius 1 is 0.769 bits per heavy atom. The topological polar surface area (TPSA) is 101 Å². The highest BCUT2D eigenvalue weighted by Gasteiger charge is 2.41. The number of hydrogen-bond donors (Lipinski definition) is 2. The van der Waals surface area contributed by atoms with Crippen molar-refractivity contribution in [1.82, 2.24) is 30.2 Å². The van der Waals surface area contributed by atoms with Gasteiger partial charge in [0.15, 0.2) is 11.6 Å². The highest BCUT2D eigenvalue weighted by atomic mass is 15.1. The summed E-state index contributed by atoms with van der Waals surface area (Å²) in [5, 5.41) is 7.16. The quantitative estimate of drug-likeness (QED) is 0.165. The minimum Gasteiger partial charge on any atom is -0.377 e. The summed E-state index contributed by atoms with van der Waals surface area (Å²) in [5.74, 6) is 1.19. The molecule has 2 aromatic heterocycles. The Balaban J connectivity index is 0.937. The van der Waals surface area contributed by atoms with Gasteiger partial charge in [-0.05, 0) is 89.9 Å². The second-order valence-corrected chi connectivity index (χ2v) is 14.3. The van der Waals surface area contributed by atoms with Gasteiger partial charge in [-0.1, -0.05) is 92.7 Å². The maximum absolute atomic E-state index is 4.87. The van der Waals surface area contributed by atoms with Gasteiger partial charge < -0.3 is 5.32 Å². The van der Waals surface area contributed by atoms with Crippen molar-refractivity contribution in [2.24, 2.45) is 4.99 Å². The third-order valence-electron chi connectivity index (χ3n) is 11.1. The molecule has 9 rings (SSSR count). The number of hydrogen-bond acceptors (Lipinski definition) is 8. The van der Waals surface area contributed by atoms with Crippen molar-refractivity contribution in [2.45, 2.75) is 57.0 Å². The number of fused-ring (bicyclic) bond motifs is 5. The van der Waals surface area contributed by atoms with Crippen molar-refractivity contribution >= 4 is 46.3 Å². The van der Waals surface area contributed by atoms with E-state index in [4.69, 9.17) is 15.0 Å². The van der Waals surface area contributed by atoms with E-state index in [2.05, 4.69) is 101 Å². The van der Waals surface area contributed by atoms with Crippen molar-refractivity contribution in [1.29, 1.82) is 0 Å². The molecule has 256 valence electrons. The van der Waals surface area contributed by atoms with Crippen molar-refractivity contribution in [3.05, 3.63) is 143 Å². The van der Waals surface area contributed by atoms with Crippen molar-refractivity contribution in [3.63, 3.8) is 0 Å². The zero-order valence-electron chi connectivity index (χ0n) is 29.6. The van der Waals surface area contributed by atoms with E-state index < -0.39 is 0 Å². The Morgan fingerprint density at radius 3 is 2.25 bits per heavy atom. The largest absolute Gasteiger partial charge is 0.377 e. The van der Waals surface area contributed by atoms with Gasteiger partial charge in [0.05, 0.1) is 46.9 Å². The fourth-order valence-corrected chi connectivity index (χ4v) is 8.18. The van der Waals surface area contributed by atoms with E-state index in [9.17, 15) is 0 Å². The van der Waals surface area contributed by atoms with Crippen LogP contribution in [0.25, 0.3) is 40.4 Å². The lowest BCUT2D eigenvalue weighted by molar-refractivity contribution is 0.205. The normalized spacial score (nSPS) is 19.9. The van der Waals surface area contributed by atoms with Crippen LogP contribution in [0.5, 0.6) is 0 Å². The summed E-state index contributed by atoms with van der Waals surface area (Å²) in [7, 11) is 0. The van der Waals surface area contributed by atoms with E-state index in [0.29, 0.717) is 18.2 Å². The summed E-state index contributed by atoms with van der Waals surface area (Å²) in [6.45, 7) is 7.46. The van der Waals surface area contributed by atoms with Crippen molar-refractivity contribution in [2.75, 3.05) is 11.9 Å². The molecule has 4 heterocycles. The summed E-state index contributed by atoms with van der Waals surface area (Å²) in [6, 6.07) is 30.1. The molecule has 8 nitrogen and oxygen atoms in total. The molecular weight excluding hydrogens is 641 g/mol. The monoisotopic (exact) mass is 680 g/mol. The predicted octanol–water partition coefficient (Wildman–Crippen LogP) is 9.12. The molecule has 52 heavy (non-hydrogen) atoms. The second kappa shape index (κ2) is 12.7. The Labute approximate surface area is 304 Å². The summed E-state index contributed by atoms with van der Waals surface area (Å²) < 4.78 is 0. The average Bonchev–Trinajstić information content (AvgIpc) is 3.46. The first-order chi connectivity index (χ1) is 25.4. The first-order valence-corrected chi connectivity index (χ1v) is 18.2. The zero-order chi connectivity index (χ0) is 35.3. The molecule has 4 aromatic carbocycles. The molecule has 2 aliphatic heterocycles. The fraction of sp³-hybridized carbons (Fsp3) is 0.227. The number of benzene rings is 4. The Hall–Kier alpha value is -5.86. The van der Waals surface area contributed by atoms with Gasteiger partial charge in [0.2, 0.25) is 0 Å². The maximum atomic E-state index is 4.87. The molecule has 2 atom stereocenters. The minimum atomic E-state index is -0.0979. The van der Waals surface area contributed by atoms with E-state index in [0.717, 1.165) is 58.6 Å². The van der Waals surface area contributed by atoms with Gasteiger partial charge in [-0.15, -0.1) is 0 Å². The molecule has 1 saturated heterocycles. The first-order valence-electron chi connectivity index (χ1n) is 18.2. The zero-order valence-corrected chi connectivity index (χ0v) is 29.6. The summed E-state index contributed by atoms with van der Waals surface area (Å²) in [5.41, 5.74) is 13.2. The van der Waals surface area contributed by atoms with E-state index >= 15 is 0 Å². The molecule has 0 bridgehead atoms. The second-order valence-electron chi connectivity index (χ2n) is 14.3. The molecule has 0 amide bonds. The van der Waals surface area contributed by atoms with Crippen LogP contribution in [0.1, 0.15) is 85.7 Å². The van der Waals surface area contributed by atoms with E-state index in [1.54, 1.807) is 6.33 Å². The molecular formula is C44H40N8. The Bertz CT molecular complexity index is 2430. The van der Waals surface area contributed by atoms with Crippen LogP contribution in [0.4, 0.5) is 11.4 Å². The molecule has 1 aliphatic carbocycles. The SMILES string of the molecule is CCC1(CC)c2cc(/C=C/c3ncnc(C4=Nc5ccccc5NC4)n3)ccc2-c2ccc(/C=C/C3(C)CC(c4cnc5ccccc5n4)N3)cc21. The molecule has 6 aromatic rings. The summed E-state index contributed by atoms with van der Waals surface area (Å²) in [6.07, 6.45) is 15.2. The first kappa shape index (κ1) is 32.1. The highest BCUT2D eigenvalue weighted by Crippen LogP contribution is 2.53. The summed E-state index contributed by atoms with van der Waals surface area (Å²) >= 11 is 0. The Morgan fingerprint density at radius 2 is 1.48 bits per heavy atom. The van der Waals surface area contributed by atoms with Crippen LogP contribution in [0.3, 0.4) is 0 Å². The standard InChI is InChI=1S/C44H40N8/c1-4-44(5-2)32-22-28(16-19-41-47-27-48-42(51-41)40-26-46-35-11-7-9-13-37(35)50-40)14-17-30(32)31-18-15-29(23-33(31)44)20-21-43(3)24-38(52-43)39-25-45-34-10-6-8-12-36(34)49-39/h6-23,25,27,38,46,52H,4-5,24,26H2,1-3H3/b19-16+,21-20+. The van der Waals surface area contributed by atoms with Gasteiger partial charge in [0.25, 0.3) is 0 Å². The van der Waals surface area contributed by atoms with Crippen molar-refractivity contribution < 1.29 is 0 Å². The van der Waals surface area contributed by atoms with E-state index in [1.807, 2.05) is 60.8 Å². The lowest BCUT2D eigenvalue weighted by Crippen LogP contribution is -2.55. The molecule has 3 aliphatic rings. The highest BCUT2D eigenvalue weighted by molar-refractivity contribution is 6.04. The van der Waals surface area contributed by atoms with Crippen LogP contribution in [0.15, 0.2) is 109 Å². The number of aromatic nitrogens is 5. The van der Waals surface area contributed by atoms with Gasteiger partial charge >= 0.3 is 0 Å². The number of para-hydroxylation sites is 4. The van der Waals surface area contributed by atoms with Crippen LogP contribution in [-0.2, 0) is 5.41 Å². The number of nitrogens with one attached hydrogen (secondary N) is 2. The molecule has 8 heteroatoms. The number of anilines is 1. The number of aliphatic imine (C=N–C) groups is 1. The minimum absolute atomic E-state index is 0.0560. The van der Waals surface area contributed by atoms with Gasteiger partial charge in [0.1, 0.15) is 12.0 Å². The molecule has 0 saturated carbocycles. The molecule has 2 unspecified atom stereocenters. The van der Waals surface area contributed by atoms with Crippen LogP contribution in [-0.4, -0.2) is 42.7 Å². The average molecular weight is 681 g/mol. The maximum Gasteiger partial charge on any atom is 0.179 e. The molecule has 0 spiro atoms. The molecule has 0 radical (unpaired) electrons. The van der Waals surface area contributed by atoms with E-state index in [-0.39, 0.29) is 17.0 Å². The summed E-state index contributed by atoms with van der Waals surface area (Å²) in [4.78, 5) is 27.9. The van der Waals surface area contributed by atoms with Crippen LogP contribution < -0.4 is 10.6 Å². The smallest absolute Gasteiger partial charge is 0.179 e. The third kappa shape index (κ3) is 5.60. The molecule has 2 N–H and O–H groups in total. The van der Waals surface area contributed by atoms with Gasteiger partial charge in [-0.2, -0.15) is 0 Å². The fourth-order valence-electron chi connectivity index (χ4n) is 8.18. The van der Waals surface area contributed by atoms with Crippen LogP contribution in [0, 0.1) is 0 Å². The van der Waals surface area contributed by atoms with Crippen LogP contribution >= 0.6 is 0 Å². The van der Waals surface area contributed by atoms with Gasteiger partial charge in [-0.25, -0.2) is 24.9 Å². The third-order valence-corrected chi connectivity index (χ3v) is 11.1. The van der Waals surface area contributed by atoms with E-state index in [1.165, 1.54) is 27.8 Å².